The molecule has 1 unspecified atom stereocenters. The quantitative estimate of drug-likeness (QED) is 0.281. The van der Waals surface area contributed by atoms with Crippen molar-refractivity contribution in [3.05, 3.63) is 12.7 Å². The first-order valence-electron chi connectivity index (χ1n) is 5.21. The molecule has 0 bridgehead atoms. The van der Waals surface area contributed by atoms with Crippen molar-refractivity contribution in [2.45, 2.75) is 37.9 Å². The van der Waals surface area contributed by atoms with Gasteiger partial charge in [0.05, 0.1) is 0 Å². The van der Waals surface area contributed by atoms with Crippen LogP contribution in [0.3, 0.4) is 0 Å². The lowest BCUT2D eigenvalue weighted by molar-refractivity contribution is -0.174. The van der Waals surface area contributed by atoms with Crippen LogP contribution in [0.4, 0.5) is 13.2 Å². The minimum atomic E-state index is -4.26. The van der Waals surface area contributed by atoms with Gasteiger partial charge in [0.2, 0.25) is 0 Å². The molecular formula is C10H19F3N2O. The Bertz CT molecular complexity index is 185. The molecule has 0 aliphatic carbocycles. The summed E-state index contributed by atoms with van der Waals surface area (Å²) >= 11 is 0. The fraction of sp³-hybridized carbons (Fsp3) is 0.800. The van der Waals surface area contributed by atoms with Gasteiger partial charge in [0, 0.05) is 12.6 Å². The molecule has 3 N–H and O–H groups in total. The summed E-state index contributed by atoms with van der Waals surface area (Å²) < 4.78 is 39.7. The van der Waals surface area contributed by atoms with E-state index >= 15 is 0 Å². The van der Waals surface area contributed by atoms with Crippen LogP contribution in [0.5, 0.6) is 0 Å². The number of nitrogens with one attached hydrogen (secondary N) is 1. The molecule has 0 aliphatic rings. The van der Waals surface area contributed by atoms with Gasteiger partial charge in [-0.1, -0.05) is 6.08 Å². The molecule has 16 heavy (non-hydrogen) atoms. The predicted molar refractivity (Wildman–Crippen MR) is 56.7 cm³/mol. The van der Waals surface area contributed by atoms with Crippen molar-refractivity contribution in [3.8, 4) is 0 Å². The van der Waals surface area contributed by atoms with Crippen LogP contribution in [-0.2, 0) is 4.74 Å². The number of rotatable bonds is 9. The molecule has 0 fully saturated rings. The summed E-state index contributed by atoms with van der Waals surface area (Å²) in [5.41, 5.74) is 2.56. The topological polar surface area (TPSA) is 47.3 Å². The molecule has 0 radical (unpaired) electrons. The van der Waals surface area contributed by atoms with E-state index in [0.29, 0.717) is 6.42 Å². The van der Waals surface area contributed by atoms with Gasteiger partial charge in [-0.05, 0) is 25.7 Å². The third kappa shape index (κ3) is 9.95. The summed E-state index contributed by atoms with van der Waals surface area (Å²) in [5.74, 6) is 5.27. The fourth-order valence-corrected chi connectivity index (χ4v) is 1.23. The average molecular weight is 240 g/mol. The summed E-state index contributed by atoms with van der Waals surface area (Å²) in [6.07, 6.45) is 0.614. The highest BCUT2D eigenvalue weighted by Crippen LogP contribution is 2.14. The Morgan fingerprint density at radius 2 is 2.06 bits per heavy atom. The monoisotopic (exact) mass is 240 g/mol. The maximum absolute atomic E-state index is 11.7. The minimum Gasteiger partial charge on any atom is -0.372 e. The van der Waals surface area contributed by atoms with Gasteiger partial charge in [0.15, 0.2) is 0 Å². The summed E-state index contributed by atoms with van der Waals surface area (Å²) in [5, 5.41) is 0. The number of ether oxygens (including phenoxy) is 1. The van der Waals surface area contributed by atoms with E-state index in [1.165, 1.54) is 0 Å². The van der Waals surface area contributed by atoms with Crippen molar-refractivity contribution in [3.63, 3.8) is 0 Å². The summed E-state index contributed by atoms with van der Waals surface area (Å²) in [6, 6.07) is -0.00631. The molecule has 3 nitrogen and oxygen atoms in total. The summed E-state index contributed by atoms with van der Waals surface area (Å²) in [6.45, 7) is 2.44. The number of nitrogens with two attached hydrogens (primary N) is 1. The first-order valence-corrected chi connectivity index (χ1v) is 5.21. The van der Waals surface area contributed by atoms with Crippen LogP contribution in [0, 0.1) is 0 Å². The highest BCUT2D eigenvalue weighted by Gasteiger charge is 2.27. The standard InChI is InChI=1S/C10H19F3N2O/c1-2-3-4-5-9(15-14)6-7-16-8-10(11,12)13/h2,9,15H,1,3-8,14H2. The molecule has 0 spiro atoms. The van der Waals surface area contributed by atoms with Gasteiger partial charge in [-0.25, -0.2) is 0 Å². The number of hydrogen-bond donors (Lipinski definition) is 2. The zero-order chi connectivity index (χ0) is 12.4. The van der Waals surface area contributed by atoms with Crippen LogP contribution in [0.1, 0.15) is 25.7 Å². The zero-order valence-corrected chi connectivity index (χ0v) is 9.22. The van der Waals surface area contributed by atoms with Gasteiger partial charge in [-0.15, -0.1) is 6.58 Å². The lowest BCUT2D eigenvalue weighted by atomic mass is 10.1. The first kappa shape index (κ1) is 15.4. The van der Waals surface area contributed by atoms with Gasteiger partial charge in [0.1, 0.15) is 6.61 Å². The third-order valence-corrected chi connectivity index (χ3v) is 2.07. The molecule has 96 valence electrons. The molecule has 0 aromatic rings. The number of alkyl halides is 3. The van der Waals surface area contributed by atoms with Crippen LogP contribution in [0.15, 0.2) is 12.7 Å². The van der Waals surface area contributed by atoms with E-state index in [4.69, 9.17) is 5.84 Å². The van der Waals surface area contributed by atoms with Crippen molar-refractivity contribution in [1.29, 1.82) is 0 Å². The zero-order valence-electron chi connectivity index (χ0n) is 9.22. The Labute approximate surface area is 93.8 Å². The number of allylic oxidation sites excluding steroid dienone is 1. The molecule has 0 aliphatic heterocycles. The maximum Gasteiger partial charge on any atom is 0.411 e. The van der Waals surface area contributed by atoms with Crippen molar-refractivity contribution >= 4 is 0 Å². The number of hydrogen-bond acceptors (Lipinski definition) is 3. The van der Waals surface area contributed by atoms with Crippen molar-refractivity contribution in [2.24, 2.45) is 5.84 Å². The molecule has 0 rings (SSSR count). The molecule has 0 heterocycles. The number of hydrazine groups is 1. The SMILES string of the molecule is C=CCCCC(CCOCC(F)(F)F)NN. The van der Waals surface area contributed by atoms with E-state index in [0.717, 1.165) is 19.3 Å². The molecule has 6 heteroatoms. The van der Waals surface area contributed by atoms with Gasteiger partial charge in [-0.2, -0.15) is 13.2 Å². The second kappa shape index (κ2) is 8.55. The van der Waals surface area contributed by atoms with Crippen molar-refractivity contribution in [2.75, 3.05) is 13.2 Å². The molecule has 0 saturated heterocycles. The lowest BCUT2D eigenvalue weighted by Gasteiger charge is -2.15. The van der Waals surface area contributed by atoms with E-state index in [1.54, 1.807) is 6.08 Å². The second-order valence-electron chi connectivity index (χ2n) is 3.54. The van der Waals surface area contributed by atoms with Gasteiger partial charge in [-0.3, -0.25) is 11.3 Å². The first-order chi connectivity index (χ1) is 7.49. The van der Waals surface area contributed by atoms with Crippen molar-refractivity contribution < 1.29 is 17.9 Å². The summed E-state index contributed by atoms with van der Waals surface area (Å²) in [4.78, 5) is 0. The molecule has 0 aromatic heterocycles. The number of unbranched alkanes of at least 4 members (excludes halogenated alkanes) is 1. The van der Waals surface area contributed by atoms with Crippen LogP contribution >= 0.6 is 0 Å². The summed E-state index contributed by atoms with van der Waals surface area (Å²) in [7, 11) is 0. The van der Waals surface area contributed by atoms with Crippen LogP contribution in [0.25, 0.3) is 0 Å². The maximum atomic E-state index is 11.7. The second-order valence-corrected chi connectivity index (χ2v) is 3.54. The average Bonchev–Trinajstić information content (AvgIpc) is 2.20. The van der Waals surface area contributed by atoms with E-state index in [2.05, 4.69) is 16.7 Å². The van der Waals surface area contributed by atoms with E-state index < -0.39 is 12.8 Å². The lowest BCUT2D eigenvalue weighted by Crippen LogP contribution is -2.36. The highest BCUT2D eigenvalue weighted by molar-refractivity contribution is 4.70. The molecule has 0 aromatic carbocycles. The third-order valence-electron chi connectivity index (χ3n) is 2.07. The van der Waals surface area contributed by atoms with Gasteiger partial charge >= 0.3 is 6.18 Å². The Kier molecular flexibility index (Phi) is 8.23. The van der Waals surface area contributed by atoms with Crippen LogP contribution in [0.2, 0.25) is 0 Å². The van der Waals surface area contributed by atoms with Gasteiger partial charge < -0.3 is 4.74 Å². The van der Waals surface area contributed by atoms with E-state index in [-0.39, 0.29) is 12.6 Å². The van der Waals surface area contributed by atoms with Crippen LogP contribution in [-0.4, -0.2) is 25.4 Å². The van der Waals surface area contributed by atoms with Crippen LogP contribution < -0.4 is 11.3 Å². The molecule has 0 amide bonds. The fourth-order valence-electron chi connectivity index (χ4n) is 1.23. The van der Waals surface area contributed by atoms with E-state index in [9.17, 15) is 13.2 Å². The Hall–Kier alpha value is -0.590. The van der Waals surface area contributed by atoms with Gasteiger partial charge in [0.25, 0.3) is 0 Å². The normalized spacial score (nSPS) is 13.8. The Balaban J connectivity index is 3.51. The van der Waals surface area contributed by atoms with Crippen molar-refractivity contribution in [1.82, 2.24) is 5.43 Å². The number of halogens is 3. The smallest absolute Gasteiger partial charge is 0.372 e. The Morgan fingerprint density at radius 3 is 2.56 bits per heavy atom. The van der Waals surface area contributed by atoms with E-state index in [1.807, 2.05) is 0 Å². The molecule has 1 atom stereocenters. The highest BCUT2D eigenvalue weighted by atomic mass is 19.4. The predicted octanol–water partition coefficient (Wildman–Crippen LogP) is 2.14. The molecule has 0 saturated carbocycles. The minimum absolute atomic E-state index is 0.00631. The largest absolute Gasteiger partial charge is 0.411 e. The molecular weight excluding hydrogens is 221 g/mol. The Morgan fingerprint density at radius 1 is 1.38 bits per heavy atom.